The maximum Gasteiger partial charge on any atom is 0.272 e. The van der Waals surface area contributed by atoms with Crippen molar-refractivity contribution >= 4 is 11.7 Å². The highest BCUT2D eigenvalue weighted by Gasteiger charge is 2.17. The highest BCUT2D eigenvalue weighted by atomic mass is 16.2. The Hall–Kier alpha value is -2.50. The van der Waals surface area contributed by atoms with E-state index in [-0.39, 0.29) is 11.9 Å². The number of carbonyl (C=O) groups excluding carboxylic acids is 1. The average Bonchev–Trinajstić information content (AvgIpc) is 2.95. The van der Waals surface area contributed by atoms with E-state index in [2.05, 4.69) is 20.5 Å². The quantitative estimate of drug-likeness (QED) is 0.809. The maximum atomic E-state index is 12.4. The van der Waals surface area contributed by atoms with Gasteiger partial charge in [0.2, 0.25) is 0 Å². The molecule has 2 aromatic rings. The van der Waals surface area contributed by atoms with Crippen LogP contribution in [0, 0.1) is 0 Å². The van der Waals surface area contributed by atoms with E-state index < -0.39 is 0 Å². The van der Waals surface area contributed by atoms with Crippen molar-refractivity contribution in [2.45, 2.75) is 51.0 Å². The third-order valence-electron chi connectivity index (χ3n) is 4.95. The molecule has 0 spiro atoms. The molecular weight excluding hydrogens is 326 g/mol. The van der Waals surface area contributed by atoms with Gasteiger partial charge in [0.15, 0.2) is 11.5 Å². The normalized spacial score (nSPS) is 15.3. The third kappa shape index (κ3) is 5.25. The number of carbonyl (C=O) groups is 1. The van der Waals surface area contributed by atoms with Crippen molar-refractivity contribution in [2.24, 2.45) is 0 Å². The predicted molar refractivity (Wildman–Crippen MR) is 102 cm³/mol. The van der Waals surface area contributed by atoms with E-state index in [0.29, 0.717) is 5.69 Å². The molecule has 3 rings (SSSR count). The molecule has 138 valence electrons. The van der Waals surface area contributed by atoms with E-state index in [9.17, 15) is 4.79 Å². The lowest BCUT2D eigenvalue weighted by Crippen LogP contribution is -2.35. The molecule has 6 heteroatoms. The van der Waals surface area contributed by atoms with Crippen LogP contribution in [0.5, 0.6) is 0 Å². The fourth-order valence-electron chi connectivity index (χ4n) is 3.29. The second kappa shape index (κ2) is 9.27. The number of amides is 1. The van der Waals surface area contributed by atoms with E-state index in [1.54, 1.807) is 18.5 Å². The molecule has 2 aromatic heterocycles. The molecule has 0 unspecified atom stereocenters. The Balaban J connectivity index is 1.52. The molecule has 1 aliphatic carbocycles. The first-order valence-corrected chi connectivity index (χ1v) is 9.47. The minimum Gasteiger partial charge on any atom is -0.358 e. The van der Waals surface area contributed by atoms with Crippen LogP contribution in [0.2, 0.25) is 0 Å². The topological polar surface area (TPSA) is 71.0 Å². The fraction of sp³-hybridized carbons (Fsp3) is 0.500. The van der Waals surface area contributed by atoms with Crippen molar-refractivity contribution in [3.63, 3.8) is 0 Å². The van der Waals surface area contributed by atoms with Crippen molar-refractivity contribution in [3.05, 3.63) is 47.9 Å². The molecule has 1 fully saturated rings. The van der Waals surface area contributed by atoms with Gasteiger partial charge >= 0.3 is 0 Å². The highest BCUT2D eigenvalue weighted by Crippen LogP contribution is 2.17. The summed E-state index contributed by atoms with van der Waals surface area (Å²) in [6, 6.07) is 7.93. The van der Waals surface area contributed by atoms with E-state index in [1.807, 2.05) is 30.1 Å². The van der Waals surface area contributed by atoms with Gasteiger partial charge in [0.1, 0.15) is 0 Å². The second-order valence-corrected chi connectivity index (χ2v) is 6.97. The zero-order valence-electron chi connectivity index (χ0n) is 15.4. The van der Waals surface area contributed by atoms with Crippen LogP contribution in [0.25, 0.3) is 0 Å². The Morgan fingerprint density at radius 3 is 2.46 bits per heavy atom. The molecule has 0 bridgehead atoms. The van der Waals surface area contributed by atoms with E-state index in [4.69, 9.17) is 0 Å². The second-order valence-electron chi connectivity index (χ2n) is 6.97. The predicted octanol–water partition coefficient (Wildman–Crippen LogP) is 3.00. The molecule has 1 saturated carbocycles. The summed E-state index contributed by atoms with van der Waals surface area (Å²) in [5.74, 6) is 0.653. The van der Waals surface area contributed by atoms with Gasteiger partial charge in [0, 0.05) is 32.0 Å². The first-order chi connectivity index (χ1) is 12.7. The summed E-state index contributed by atoms with van der Waals surface area (Å²) < 4.78 is 0. The number of rotatable bonds is 6. The van der Waals surface area contributed by atoms with Crippen LogP contribution in [0.4, 0.5) is 5.82 Å². The highest BCUT2D eigenvalue weighted by molar-refractivity contribution is 5.92. The molecule has 2 heterocycles. The molecular formula is C20H27N5O. The molecule has 0 aliphatic heterocycles. The summed E-state index contributed by atoms with van der Waals surface area (Å²) in [6.07, 6.45) is 11.6. The third-order valence-corrected chi connectivity index (χ3v) is 4.95. The molecule has 0 atom stereocenters. The van der Waals surface area contributed by atoms with Crippen LogP contribution in [0.1, 0.15) is 54.6 Å². The minimum absolute atomic E-state index is 0.115. The summed E-state index contributed by atoms with van der Waals surface area (Å²) in [5, 5.41) is 11.5. The van der Waals surface area contributed by atoms with Gasteiger partial charge in [-0.15, -0.1) is 10.2 Å². The molecule has 6 nitrogen and oxygen atoms in total. The van der Waals surface area contributed by atoms with Crippen molar-refractivity contribution in [3.8, 4) is 0 Å². The minimum atomic E-state index is -0.115. The smallest absolute Gasteiger partial charge is 0.272 e. The Bertz CT molecular complexity index is 681. The van der Waals surface area contributed by atoms with Crippen LogP contribution >= 0.6 is 0 Å². The molecule has 1 N–H and O–H groups in total. The zero-order valence-corrected chi connectivity index (χ0v) is 15.4. The molecule has 0 aromatic carbocycles. The molecule has 0 radical (unpaired) electrons. The number of anilines is 1. The number of nitrogens with zero attached hydrogens (tertiary/aromatic N) is 4. The Kier molecular flexibility index (Phi) is 6.52. The summed E-state index contributed by atoms with van der Waals surface area (Å²) in [6.45, 7) is 0.826. The molecule has 1 amide bonds. The number of likely N-dealkylation sites (N-methyl/N-ethyl adjacent to an activating group) is 1. The van der Waals surface area contributed by atoms with Crippen molar-refractivity contribution in [1.82, 2.24) is 20.5 Å². The van der Waals surface area contributed by atoms with Gasteiger partial charge in [-0.3, -0.25) is 9.78 Å². The summed E-state index contributed by atoms with van der Waals surface area (Å²) >= 11 is 0. The first kappa shape index (κ1) is 18.3. The molecule has 0 saturated heterocycles. The largest absolute Gasteiger partial charge is 0.358 e. The monoisotopic (exact) mass is 353 g/mol. The van der Waals surface area contributed by atoms with Crippen LogP contribution in [-0.4, -0.2) is 40.7 Å². The van der Waals surface area contributed by atoms with Crippen LogP contribution in [0.3, 0.4) is 0 Å². The Labute approximate surface area is 155 Å². The molecule has 1 aliphatic rings. The van der Waals surface area contributed by atoms with Gasteiger partial charge in [-0.2, -0.15) is 0 Å². The van der Waals surface area contributed by atoms with Crippen molar-refractivity contribution in [2.75, 3.05) is 18.5 Å². The lowest BCUT2D eigenvalue weighted by Gasteiger charge is -2.18. The zero-order chi connectivity index (χ0) is 18.2. The average molecular weight is 353 g/mol. The standard InChI is InChI=1S/C20H27N5O/c1-25(15-12-16-10-13-21-14-11-16)19-9-8-18(23-24-19)20(26)22-17-6-4-2-3-5-7-17/h8-11,13-14,17H,2-7,12,15H2,1H3,(H,22,26). The first-order valence-electron chi connectivity index (χ1n) is 9.47. The Morgan fingerprint density at radius 1 is 1.08 bits per heavy atom. The van der Waals surface area contributed by atoms with E-state index >= 15 is 0 Å². The number of nitrogens with one attached hydrogen (secondary N) is 1. The van der Waals surface area contributed by atoms with Crippen LogP contribution in [0.15, 0.2) is 36.7 Å². The summed E-state index contributed by atoms with van der Waals surface area (Å²) in [5.41, 5.74) is 1.62. The summed E-state index contributed by atoms with van der Waals surface area (Å²) in [4.78, 5) is 18.5. The number of hydrogen-bond donors (Lipinski definition) is 1. The van der Waals surface area contributed by atoms with Gasteiger partial charge < -0.3 is 10.2 Å². The lowest BCUT2D eigenvalue weighted by atomic mass is 10.1. The van der Waals surface area contributed by atoms with E-state index in [0.717, 1.165) is 31.6 Å². The fourth-order valence-corrected chi connectivity index (χ4v) is 3.29. The SMILES string of the molecule is CN(CCc1ccncc1)c1ccc(C(=O)NC2CCCCCC2)nn1. The van der Waals surface area contributed by atoms with Gasteiger partial charge in [-0.05, 0) is 49.1 Å². The Morgan fingerprint density at radius 2 is 1.81 bits per heavy atom. The van der Waals surface area contributed by atoms with Gasteiger partial charge in [-0.25, -0.2) is 0 Å². The summed E-state index contributed by atoms with van der Waals surface area (Å²) in [7, 11) is 1.98. The molecule has 26 heavy (non-hydrogen) atoms. The van der Waals surface area contributed by atoms with Crippen molar-refractivity contribution in [1.29, 1.82) is 0 Å². The number of hydrogen-bond acceptors (Lipinski definition) is 5. The lowest BCUT2D eigenvalue weighted by molar-refractivity contribution is 0.0927. The van der Waals surface area contributed by atoms with Gasteiger partial charge in [-0.1, -0.05) is 25.7 Å². The number of aromatic nitrogens is 3. The van der Waals surface area contributed by atoms with Crippen LogP contribution in [-0.2, 0) is 6.42 Å². The van der Waals surface area contributed by atoms with E-state index in [1.165, 1.54) is 31.2 Å². The van der Waals surface area contributed by atoms with Crippen molar-refractivity contribution < 1.29 is 4.79 Å². The number of pyridine rings is 1. The van der Waals surface area contributed by atoms with Gasteiger partial charge in [0.25, 0.3) is 5.91 Å². The van der Waals surface area contributed by atoms with Gasteiger partial charge in [0.05, 0.1) is 0 Å². The maximum absolute atomic E-state index is 12.4. The van der Waals surface area contributed by atoms with Crippen LogP contribution < -0.4 is 10.2 Å².